The minimum Gasteiger partial charge on any atom is -0.465 e. The molecule has 0 radical (unpaired) electrons. The third-order valence-electron chi connectivity index (χ3n) is 16.4. The summed E-state index contributed by atoms with van der Waals surface area (Å²) < 4.78 is 33.0. The molecule has 0 bridgehead atoms. The molecule has 1 unspecified atom stereocenters. The molecule has 1 atom stereocenters. The van der Waals surface area contributed by atoms with Crippen LogP contribution in [0, 0.1) is 51.8 Å². The summed E-state index contributed by atoms with van der Waals surface area (Å²) in [6, 6.07) is 0. The van der Waals surface area contributed by atoms with Gasteiger partial charge >= 0.3 is 35.8 Å². The second kappa shape index (κ2) is 69.6. The van der Waals surface area contributed by atoms with Crippen LogP contribution in [0.2, 0.25) is 0 Å². The van der Waals surface area contributed by atoms with Gasteiger partial charge in [0.05, 0.1) is 54.1 Å². The molecule has 15 heteroatoms. The lowest BCUT2D eigenvalue weighted by Gasteiger charge is -2.26. The van der Waals surface area contributed by atoms with Crippen LogP contribution in [0.4, 0.5) is 0 Å². The van der Waals surface area contributed by atoms with Crippen molar-refractivity contribution in [1.29, 1.82) is 0 Å². The average molecular weight is 1450 g/mol. The molecular weight excluding hydrogens is 1280 g/mol. The number of esters is 6. The van der Waals surface area contributed by atoms with Gasteiger partial charge in [-0.05, 0) is 105 Å². The molecule has 0 aromatic heterocycles. The first-order chi connectivity index (χ1) is 47.6. The van der Waals surface area contributed by atoms with E-state index in [1.54, 1.807) is 0 Å². The normalized spacial score (nSPS) is 11.9. The summed E-state index contributed by atoms with van der Waals surface area (Å²) >= 11 is 0. The quantitative estimate of drug-likeness (QED) is 0.0184. The van der Waals surface area contributed by atoms with Crippen molar-refractivity contribution in [1.82, 2.24) is 0 Å². The number of hydrogen-bond donors (Lipinski definition) is 0. The summed E-state index contributed by atoms with van der Waals surface area (Å²) in [4.78, 5) is 93.1. The third kappa shape index (κ3) is 86.2. The number of Topliss-reactive ketones (excluding diaryl/α,β-unsaturated/α-hetero) is 2. The van der Waals surface area contributed by atoms with E-state index < -0.39 is 0 Å². The highest BCUT2D eigenvalue weighted by atomic mass is 16.6. The maximum Gasteiger partial charge on any atom is 0.306 e. The van der Waals surface area contributed by atoms with Gasteiger partial charge in [0.1, 0.15) is 24.3 Å². The molecule has 0 aliphatic rings. The van der Waals surface area contributed by atoms with Gasteiger partial charge in [-0.2, -0.15) is 0 Å². The molecule has 0 fully saturated rings. The summed E-state index contributed by atoms with van der Waals surface area (Å²) in [5.41, 5.74) is 0.0267. The Kier molecular flexibility index (Phi) is 74.1. The molecule has 0 aliphatic carbocycles. The van der Waals surface area contributed by atoms with Crippen LogP contribution in [0.3, 0.4) is 0 Å². The number of allylic oxidation sites excluding steroid dienone is 4. The number of ketones is 2. The molecule has 15 nitrogen and oxygen atoms in total. The van der Waals surface area contributed by atoms with Gasteiger partial charge in [-0.1, -0.05) is 268 Å². The first-order valence-corrected chi connectivity index (χ1v) is 40.7. The molecule has 102 heavy (non-hydrogen) atoms. The van der Waals surface area contributed by atoms with Gasteiger partial charge in [0.15, 0.2) is 0 Å². The topological polar surface area (TPSA) is 192 Å². The fraction of sp³-hybridized carbons (Fsp3) is 0.862. The van der Waals surface area contributed by atoms with E-state index in [9.17, 15) is 38.4 Å². The van der Waals surface area contributed by atoms with Crippen molar-refractivity contribution < 1.29 is 71.3 Å². The van der Waals surface area contributed by atoms with Gasteiger partial charge < -0.3 is 32.9 Å². The number of ether oxygens (including phenoxy) is 6. The lowest BCUT2D eigenvalue weighted by Crippen LogP contribution is -2.35. The number of quaternary nitrogens is 1. The van der Waals surface area contributed by atoms with Crippen LogP contribution in [-0.4, -0.2) is 119 Å². The average Bonchev–Trinajstić information content (AvgIpc) is 0.868. The molecule has 0 aromatic rings. The molecular formula is C87H168NO14+. The Morgan fingerprint density at radius 2 is 0.706 bits per heavy atom. The predicted octanol–water partition coefficient (Wildman–Crippen LogP) is 23.1. The van der Waals surface area contributed by atoms with Gasteiger partial charge in [-0.3, -0.25) is 38.4 Å². The lowest BCUT2D eigenvalue weighted by atomic mass is 9.77. The summed E-state index contributed by atoms with van der Waals surface area (Å²) in [6.45, 7) is 53.1. The van der Waals surface area contributed by atoms with Crippen LogP contribution in [-0.2, 0) is 66.8 Å². The van der Waals surface area contributed by atoms with Crippen molar-refractivity contribution >= 4 is 47.4 Å². The first kappa shape index (κ1) is 109. The van der Waals surface area contributed by atoms with Crippen molar-refractivity contribution in [2.24, 2.45) is 51.8 Å². The molecule has 0 rings (SSSR count). The van der Waals surface area contributed by atoms with Crippen LogP contribution < -0.4 is 0 Å². The van der Waals surface area contributed by atoms with E-state index in [-0.39, 0.29) is 76.6 Å². The Bertz CT molecular complexity index is 2050. The molecule has 0 spiro atoms. The zero-order valence-electron chi connectivity index (χ0n) is 71.9. The second-order valence-corrected chi connectivity index (χ2v) is 33.6. The van der Waals surface area contributed by atoms with Gasteiger partial charge in [-0.25, -0.2) is 0 Å². The van der Waals surface area contributed by atoms with Crippen LogP contribution in [0.15, 0.2) is 24.3 Å². The first-order valence-electron chi connectivity index (χ1n) is 40.7. The minimum absolute atomic E-state index is 0.0733. The summed E-state index contributed by atoms with van der Waals surface area (Å²) in [6.07, 6.45) is 36.3. The van der Waals surface area contributed by atoms with Gasteiger partial charge in [0.25, 0.3) is 0 Å². The van der Waals surface area contributed by atoms with E-state index in [4.69, 9.17) is 28.4 Å². The molecule has 0 heterocycles. The van der Waals surface area contributed by atoms with Crippen LogP contribution in [0.5, 0.6) is 0 Å². The Morgan fingerprint density at radius 3 is 0.990 bits per heavy atom. The smallest absolute Gasteiger partial charge is 0.306 e. The standard InChI is InChI=1S/2C20H38O4.C14H26O4.C14H26O.C11H20O.C8H20N/c1-5-7-9-11-13-19(21)23-15-18(17(3)4)16-24-20(22)14-12-10-8-6-2;1-5-7-9-11-13-19(21)23-16-18(15-17(3)4)24-20(22)14-12-10-8-6-2;1-5-7-13(15)17-9-12(11(3)4)10-18-14(16)8-6-2;1-7-8-9-10-14(5,6)12(15)11-13(2,3)4;1-5-6-7-8-10(12)9-11(2,3)4;1-8(2)6-7-9(3,4)5/h2*17-18H,5-16H2,1-4H3;11-12H,5-10H2,1-4H3;8-9H,7,10-11H2,1-6H3;6-7H,5,8-9H2,1-4H3;8H,6-7H2,1-5H3/q;;;;;+1/b;;;9-8-;7-6-;. The van der Waals surface area contributed by atoms with Gasteiger partial charge in [-0.15, -0.1) is 0 Å². The van der Waals surface area contributed by atoms with E-state index in [1.807, 2.05) is 53.7 Å². The number of unbranched alkanes of at least 4 members (excludes halogenated alkanes) is 12. The van der Waals surface area contributed by atoms with E-state index in [0.717, 1.165) is 152 Å². The number of rotatable bonds is 51. The largest absolute Gasteiger partial charge is 0.465 e. The van der Waals surface area contributed by atoms with Crippen molar-refractivity contribution in [3.05, 3.63) is 24.3 Å². The number of carbonyl (C=O) groups is 8. The van der Waals surface area contributed by atoms with Crippen LogP contribution in [0.1, 0.15) is 372 Å². The second-order valence-electron chi connectivity index (χ2n) is 33.6. The van der Waals surface area contributed by atoms with Crippen molar-refractivity contribution in [2.45, 2.75) is 378 Å². The number of nitrogens with zero attached hydrogens (tertiary/aromatic N) is 1. The molecule has 0 amide bonds. The zero-order chi connectivity index (χ0) is 79.6. The van der Waals surface area contributed by atoms with Gasteiger partial charge in [0, 0.05) is 75.0 Å². The Labute approximate surface area is 630 Å². The Balaban J connectivity index is -0.000000279. The molecule has 0 saturated carbocycles. The highest BCUT2D eigenvalue weighted by Gasteiger charge is 2.30. The minimum atomic E-state index is -0.316. The Hall–Kier alpha value is -4.40. The third-order valence-corrected chi connectivity index (χ3v) is 16.4. The molecule has 0 saturated heterocycles. The highest BCUT2D eigenvalue weighted by molar-refractivity contribution is 5.84. The lowest BCUT2D eigenvalue weighted by molar-refractivity contribution is -0.870. The molecule has 0 aromatic carbocycles. The van der Waals surface area contributed by atoms with Crippen molar-refractivity contribution in [3.63, 3.8) is 0 Å². The molecule has 604 valence electrons. The van der Waals surface area contributed by atoms with Crippen LogP contribution >= 0.6 is 0 Å². The van der Waals surface area contributed by atoms with E-state index >= 15 is 0 Å². The predicted molar refractivity (Wildman–Crippen MR) is 428 cm³/mol. The number of hydrogen-bond acceptors (Lipinski definition) is 14. The fourth-order valence-electron chi connectivity index (χ4n) is 9.40. The SMILES string of the molecule is CC(C)CC[N+](C)(C)C.CC/C=C\CC(=O)CC(C)(C)C.CC/C=C\CC(C)(C)C(=O)CC(C)(C)C.CCCC(=O)OCC(COC(=O)CCC)C(C)C.CCCCCCC(=O)OCC(CC(C)C)OC(=O)CCCCCC.CCCCCCC(=O)OCC(COC(=O)CCCCCC)C(C)C. The van der Waals surface area contributed by atoms with Crippen molar-refractivity contribution in [2.75, 3.05) is 60.7 Å². The van der Waals surface area contributed by atoms with Gasteiger partial charge in [0.2, 0.25) is 0 Å². The zero-order valence-corrected chi connectivity index (χ0v) is 71.9. The summed E-state index contributed by atoms with van der Waals surface area (Å²) in [7, 11) is 6.72. The highest BCUT2D eigenvalue weighted by Crippen LogP contribution is 2.30. The molecule has 0 N–H and O–H groups in total. The van der Waals surface area contributed by atoms with Crippen LogP contribution in [0.25, 0.3) is 0 Å². The fourth-order valence-corrected chi connectivity index (χ4v) is 9.40. The van der Waals surface area contributed by atoms with Crippen molar-refractivity contribution in [3.8, 4) is 0 Å². The monoisotopic (exact) mass is 1450 g/mol. The number of carbonyl (C=O) groups excluding carboxylic acids is 8. The van der Waals surface area contributed by atoms with E-state index in [0.29, 0.717) is 114 Å². The Morgan fingerprint density at radius 1 is 0.373 bits per heavy atom. The maximum absolute atomic E-state index is 12.0. The summed E-state index contributed by atoms with van der Waals surface area (Å²) in [5.74, 6) is 1.75. The van der Waals surface area contributed by atoms with E-state index in [2.05, 4.69) is 158 Å². The molecule has 0 aliphatic heterocycles. The maximum atomic E-state index is 12.0. The van der Waals surface area contributed by atoms with E-state index in [1.165, 1.54) is 13.0 Å². The summed E-state index contributed by atoms with van der Waals surface area (Å²) in [5, 5.41) is 0.